The van der Waals surface area contributed by atoms with Crippen LogP contribution in [0.5, 0.6) is 0 Å². The molecule has 0 radical (unpaired) electrons. The molecule has 0 aliphatic carbocycles. The maximum Gasteiger partial charge on any atom is 0.334 e. The molecule has 0 rings (SSSR count). The lowest BCUT2D eigenvalue weighted by Gasteiger charge is -2.22. The van der Waals surface area contributed by atoms with Crippen molar-refractivity contribution in [1.29, 1.82) is 0 Å². The van der Waals surface area contributed by atoms with Crippen LogP contribution in [0.3, 0.4) is 0 Å². The molecule has 0 atom stereocenters. The first kappa shape index (κ1) is 31.6. The first-order chi connectivity index (χ1) is 11.3. The lowest BCUT2D eigenvalue weighted by Crippen LogP contribution is -3.00. The zero-order chi connectivity index (χ0) is 20.6. The van der Waals surface area contributed by atoms with Crippen molar-refractivity contribution in [3.63, 3.8) is 0 Å². The minimum Gasteiger partial charge on any atom is -1.00 e. The fraction of sp³-hybridized carbons (Fsp3) is 0.500. The Bertz CT molecular complexity index is 481. The highest BCUT2D eigenvalue weighted by Gasteiger charge is 2.08. The lowest BCUT2D eigenvalue weighted by molar-refractivity contribution is -0.888. The Morgan fingerprint density at radius 1 is 0.962 bits per heavy atom. The van der Waals surface area contributed by atoms with Crippen LogP contribution in [0.25, 0.3) is 0 Å². The number of methoxy groups -OCH3 is 1. The summed E-state index contributed by atoms with van der Waals surface area (Å²) in [5.74, 6) is -1.03. The van der Waals surface area contributed by atoms with Gasteiger partial charge in [-0.2, -0.15) is 0 Å². The van der Waals surface area contributed by atoms with E-state index in [1.54, 1.807) is 20.8 Å². The summed E-state index contributed by atoms with van der Waals surface area (Å²) in [6.45, 7) is 15.8. The minimum atomic E-state index is -0.368. The van der Waals surface area contributed by atoms with Gasteiger partial charge in [-0.15, -0.1) is 0 Å². The summed E-state index contributed by atoms with van der Waals surface area (Å²) in [4.78, 5) is 31.1. The summed E-state index contributed by atoms with van der Waals surface area (Å²) in [5.41, 5.74) is 0.884. The first-order valence-electron chi connectivity index (χ1n) is 7.48. The van der Waals surface area contributed by atoms with Crippen molar-refractivity contribution < 1.29 is 45.5 Å². The van der Waals surface area contributed by atoms with Crippen LogP contribution in [0.1, 0.15) is 20.8 Å². The highest BCUT2D eigenvalue weighted by Crippen LogP contribution is 1.91. The highest BCUT2D eigenvalue weighted by atomic mass is 35.5. The van der Waals surface area contributed by atoms with Gasteiger partial charge >= 0.3 is 17.9 Å². The largest absolute Gasteiger partial charge is 1.00 e. The number of carbonyl (C=O) groups is 3. The van der Waals surface area contributed by atoms with Crippen molar-refractivity contribution in [2.75, 3.05) is 41.6 Å². The number of halogens is 1. The molecule has 0 aromatic rings. The van der Waals surface area contributed by atoms with E-state index in [4.69, 9.17) is 4.74 Å². The van der Waals surface area contributed by atoms with Crippen LogP contribution in [0, 0.1) is 0 Å². The summed E-state index contributed by atoms with van der Waals surface area (Å²) in [6, 6.07) is 0. The summed E-state index contributed by atoms with van der Waals surface area (Å²) in [5, 5.41) is 0. The molecule has 152 valence electrons. The molecule has 0 aliphatic rings. The third kappa shape index (κ3) is 26.8. The van der Waals surface area contributed by atoms with Crippen molar-refractivity contribution in [3.8, 4) is 0 Å². The molecule has 26 heavy (non-hydrogen) atoms. The van der Waals surface area contributed by atoms with E-state index < -0.39 is 0 Å². The molecule has 0 saturated heterocycles. The fourth-order valence-corrected chi connectivity index (χ4v) is 0.745. The summed E-state index contributed by atoms with van der Waals surface area (Å²) in [7, 11) is 7.15. The van der Waals surface area contributed by atoms with E-state index in [0.29, 0.717) is 29.0 Å². The maximum absolute atomic E-state index is 10.5. The first-order valence-corrected chi connectivity index (χ1v) is 7.48. The van der Waals surface area contributed by atoms with Gasteiger partial charge in [0.05, 0.1) is 34.9 Å². The number of ether oxygens (including phenoxy) is 3. The summed E-state index contributed by atoms with van der Waals surface area (Å²) in [6.07, 6.45) is 1.16. The smallest absolute Gasteiger partial charge is 0.334 e. The molecule has 0 saturated carbocycles. The SMILES string of the molecule is C=C(C)C(=O)OC.C=C(C)C(=O)OCC.C=CC(=O)OC[N+](C)(C)C.[Cl-]. The van der Waals surface area contributed by atoms with E-state index in [-0.39, 0.29) is 30.3 Å². The molecule has 0 unspecified atom stereocenters. The van der Waals surface area contributed by atoms with Crippen LogP contribution >= 0.6 is 0 Å². The number of rotatable bonds is 6. The van der Waals surface area contributed by atoms with Gasteiger partial charge in [-0.25, -0.2) is 14.4 Å². The standard InChI is InChI=1S/C7H14NO2.C6H10O2.C5H8O2.ClH/c1-5-7(9)10-6-8(2,3)4;1-4-8-6(7)5(2)3;1-4(2)5(6)7-3;/h5H,1,6H2,2-4H3;2,4H2,1,3H3;1H2,2-3H3;1H/q+1;;;/p-1. The molecule has 0 N–H and O–H groups in total. The molecule has 0 amide bonds. The maximum atomic E-state index is 10.5. The Hall–Kier alpha value is -2.12. The van der Waals surface area contributed by atoms with Gasteiger partial charge in [0, 0.05) is 17.2 Å². The van der Waals surface area contributed by atoms with E-state index in [0.717, 1.165) is 6.08 Å². The molecule has 0 fully saturated rings. The molecule has 0 heterocycles. The van der Waals surface area contributed by atoms with Gasteiger partial charge in [-0.3, -0.25) is 4.48 Å². The molecule has 0 aliphatic heterocycles. The van der Waals surface area contributed by atoms with E-state index in [9.17, 15) is 14.4 Å². The number of quaternary nitrogens is 1. The molecule has 0 spiro atoms. The molecule has 0 bridgehead atoms. The van der Waals surface area contributed by atoms with Gasteiger partial charge in [-0.05, 0) is 20.8 Å². The van der Waals surface area contributed by atoms with Crippen molar-refractivity contribution in [1.82, 2.24) is 0 Å². The van der Waals surface area contributed by atoms with E-state index >= 15 is 0 Å². The normalized spacial score (nSPS) is 8.73. The van der Waals surface area contributed by atoms with E-state index in [1.165, 1.54) is 7.11 Å². The topological polar surface area (TPSA) is 78.9 Å². The van der Waals surface area contributed by atoms with Crippen LogP contribution in [-0.4, -0.2) is 64.0 Å². The third-order valence-electron chi connectivity index (χ3n) is 1.92. The predicted molar refractivity (Wildman–Crippen MR) is 97.5 cm³/mol. The van der Waals surface area contributed by atoms with Crippen LogP contribution in [0.15, 0.2) is 37.0 Å². The Morgan fingerprint density at radius 2 is 1.38 bits per heavy atom. The Labute approximate surface area is 163 Å². The van der Waals surface area contributed by atoms with Crippen LogP contribution in [0.2, 0.25) is 0 Å². The van der Waals surface area contributed by atoms with Crippen molar-refractivity contribution in [2.24, 2.45) is 0 Å². The van der Waals surface area contributed by atoms with Crippen LogP contribution in [0.4, 0.5) is 0 Å². The van der Waals surface area contributed by atoms with Crippen molar-refractivity contribution in [2.45, 2.75) is 20.8 Å². The summed E-state index contributed by atoms with van der Waals surface area (Å²) >= 11 is 0. The van der Waals surface area contributed by atoms with Gasteiger partial charge < -0.3 is 26.6 Å². The number of nitrogens with zero attached hydrogens (tertiary/aromatic N) is 1. The highest BCUT2D eigenvalue weighted by molar-refractivity contribution is 5.87. The fourth-order valence-electron chi connectivity index (χ4n) is 0.745. The van der Waals surface area contributed by atoms with Gasteiger partial charge in [0.2, 0.25) is 6.73 Å². The average Bonchev–Trinajstić information content (AvgIpc) is 2.52. The molecule has 8 heteroatoms. The summed E-state index contributed by atoms with van der Waals surface area (Å²) < 4.78 is 14.2. The van der Waals surface area contributed by atoms with Crippen LogP contribution in [-0.2, 0) is 28.6 Å². The second kappa shape index (κ2) is 17.7. The van der Waals surface area contributed by atoms with Gasteiger partial charge in [0.25, 0.3) is 0 Å². The van der Waals surface area contributed by atoms with Gasteiger partial charge in [0.15, 0.2) is 0 Å². The monoisotopic (exact) mass is 393 g/mol. The van der Waals surface area contributed by atoms with Crippen molar-refractivity contribution in [3.05, 3.63) is 37.0 Å². The number of hydrogen-bond acceptors (Lipinski definition) is 6. The average molecular weight is 394 g/mol. The third-order valence-corrected chi connectivity index (χ3v) is 1.92. The van der Waals surface area contributed by atoms with Gasteiger partial charge in [0.1, 0.15) is 0 Å². The zero-order valence-electron chi connectivity index (χ0n) is 16.9. The molecular formula is C18H32ClNO6. The molecule has 7 nitrogen and oxygen atoms in total. The Morgan fingerprint density at radius 3 is 1.54 bits per heavy atom. The lowest BCUT2D eigenvalue weighted by atomic mass is 10.4. The van der Waals surface area contributed by atoms with E-state index in [1.807, 2.05) is 21.1 Å². The Balaban J connectivity index is -0.000000139. The quantitative estimate of drug-likeness (QED) is 0.194. The number of hydrogen-bond donors (Lipinski definition) is 0. The second-order valence-electron chi connectivity index (χ2n) is 5.86. The predicted octanol–water partition coefficient (Wildman–Crippen LogP) is -0.756. The molecular weight excluding hydrogens is 362 g/mol. The van der Waals surface area contributed by atoms with Gasteiger partial charge in [-0.1, -0.05) is 19.7 Å². The zero-order valence-corrected chi connectivity index (χ0v) is 17.6. The minimum absolute atomic E-state index is 0. The Kier molecular flexibility index (Phi) is 21.5. The number of esters is 3. The van der Waals surface area contributed by atoms with E-state index in [2.05, 4.69) is 29.2 Å². The molecule has 0 aromatic carbocycles. The second-order valence-corrected chi connectivity index (χ2v) is 5.86. The molecule has 0 aromatic heterocycles. The number of carbonyl (C=O) groups excluding carboxylic acids is 3. The van der Waals surface area contributed by atoms with Crippen LogP contribution < -0.4 is 12.4 Å². The van der Waals surface area contributed by atoms with Crippen molar-refractivity contribution >= 4 is 17.9 Å².